The number of ether oxygens (including phenoxy) is 9. The average Bonchev–Trinajstić information content (AvgIpc) is 3.70. The molecule has 0 amide bonds. The maximum atomic E-state index is 10.8. The van der Waals surface area contributed by atoms with Crippen molar-refractivity contribution >= 4 is 0 Å². The second-order valence-electron chi connectivity index (χ2n) is 12.1. The molecule has 15 heteroatoms. The van der Waals surface area contributed by atoms with Gasteiger partial charge in [0.2, 0.25) is 6.29 Å². The molecule has 0 aromatic heterocycles. The first-order chi connectivity index (χ1) is 22.6. The summed E-state index contributed by atoms with van der Waals surface area (Å²) < 4.78 is 51.5. The fourth-order valence-corrected chi connectivity index (χ4v) is 6.62. The van der Waals surface area contributed by atoms with Crippen molar-refractivity contribution in [2.24, 2.45) is 11.8 Å². The smallest absolute Gasteiger partial charge is 0.229 e. The molecule has 4 unspecified atom stereocenters. The molecule has 4 saturated heterocycles. The highest BCUT2D eigenvalue weighted by molar-refractivity contribution is 5.45. The van der Waals surface area contributed by atoms with E-state index in [1.807, 2.05) is 24.3 Å². The Labute approximate surface area is 271 Å². The summed E-state index contributed by atoms with van der Waals surface area (Å²) in [4.78, 5) is 0. The van der Waals surface area contributed by atoms with Crippen LogP contribution in [0.3, 0.4) is 0 Å². The number of hydrogen-bond acceptors (Lipinski definition) is 15. The molecule has 13 atom stereocenters. The molecule has 260 valence electrons. The molecular formula is C32H42O15. The first-order valence-corrected chi connectivity index (χ1v) is 15.4. The average molecular weight is 667 g/mol. The molecule has 4 heterocycles. The van der Waals surface area contributed by atoms with Crippen LogP contribution < -0.4 is 18.9 Å². The lowest BCUT2D eigenvalue weighted by atomic mass is 9.85. The van der Waals surface area contributed by atoms with E-state index in [-0.39, 0.29) is 36.4 Å². The van der Waals surface area contributed by atoms with Gasteiger partial charge < -0.3 is 73.3 Å². The van der Waals surface area contributed by atoms with Crippen LogP contribution in [0.5, 0.6) is 23.0 Å². The maximum absolute atomic E-state index is 10.8. The normalized spacial score (nSPS) is 38.5. The molecule has 4 aliphatic heterocycles. The van der Waals surface area contributed by atoms with E-state index in [9.17, 15) is 30.6 Å². The summed E-state index contributed by atoms with van der Waals surface area (Å²) in [5.74, 6) is 1.86. The van der Waals surface area contributed by atoms with Crippen LogP contribution in [0.2, 0.25) is 0 Å². The third kappa shape index (κ3) is 6.63. The monoisotopic (exact) mass is 666 g/mol. The lowest BCUT2D eigenvalue weighted by Crippen LogP contribution is -2.61. The third-order valence-electron chi connectivity index (χ3n) is 9.31. The second kappa shape index (κ2) is 14.4. The second-order valence-corrected chi connectivity index (χ2v) is 12.1. The van der Waals surface area contributed by atoms with Crippen molar-refractivity contribution in [1.82, 2.24) is 0 Å². The van der Waals surface area contributed by atoms with Gasteiger partial charge in [-0.15, -0.1) is 0 Å². The molecule has 15 nitrogen and oxygen atoms in total. The van der Waals surface area contributed by atoms with Crippen LogP contribution in [-0.4, -0.2) is 134 Å². The van der Waals surface area contributed by atoms with Crippen molar-refractivity contribution in [1.29, 1.82) is 0 Å². The Bertz CT molecular complexity index is 1360. The molecule has 2 aromatic rings. The summed E-state index contributed by atoms with van der Waals surface area (Å²) in [7, 11) is 4.63. The molecule has 4 fully saturated rings. The van der Waals surface area contributed by atoms with E-state index in [2.05, 4.69) is 0 Å². The number of methoxy groups -OCH3 is 3. The Morgan fingerprint density at radius 1 is 0.596 bits per heavy atom. The fourth-order valence-electron chi connectivity index (χ4n) is 6.62. The van der Waals surface area contributed by atoms with Crippen molar-refractivity contribution in [3.63, 3.8) is 0 Å². The van der Waals surface area contributed by atoms with E-state index in [1.54, 1.807) is 26.4 Å². The Balaban J connectivity index is 1.15. The molecular weight excluding hydrogens is 624 g/mol. The minimum Gasteiger partial charge on any atom is -0.493 e. The first-order valence-electron chi connectivity index (χ1n) is 15.4. The van der Waals surface area contributed by atoms with Crippen LogP contribution in [-0.2, 0) is 23.7 Å². The van der Waals surface area contributed by atoms with E-state index >= 15 is 0 Å². The number of benzene rings is 2. The number of fused-ring (bicyclic) bond motifs is 1. The zero-order chi connectivity index (χ0) is 33.4. The molecule has 47 heavy (non-hydrogen) atoms. The molecule has 0 radical (unpaired) electrons. The predicted octanol–water partition coefficient (Wildman–Crippen LogP) is -0.570. The zero-order valence-corrected chi connectivity index (χ0v) is 26.2. The van der Waals surface area contributed by atoms with Crippen LogP contribution >= 0.6 is 0 Å². The predicted molar refractivity (Wildman–Crippen MR) is 158 cm³/mol. The van der Waals surface area contributed by atoms with E-state index in [1.165, 1.54) is 7.11 Å². The maximum Gasteiger partial charge on any atom is 0.229 e. The summed E-state index contributed by atoms with van der Waals surface area (Å²) in [5.41, 5.74) is 1.74. The van der Waals surface area contributed by atoms with Gasteiger partial charge in [-0.05, 0) is 35.4 Å². The Morgan fingerprint density at radius 2 is 1.15 bits per heavy atom. The highest BCUT2D eigenvalue weighted by atomic mass is 16.7. The van der Waals surface area contributed by atoms with Gasteiger partial charge in [-0.1, -0.05) is 12.1 Å². The molecule has 0 spiro atoms. The van der Waals surface area contributed by atoms with Gasteiger partial charge in [-0.2, -0.15) is 0 Å². The van der Waals surface area contributed by atoms with Gasteiger partial charge in [0, 0.05) is 11.8 Å². The van der Waals surface area contributed by atoms with Gasteiger partial charge in [0.25, 0.3) is 0 Å². The fraction of sp³-hybridized carbons (Fsp3) is 0.625. The zero-order valence-electron chi connectivity index (χ0n) is 26.2. The van der Waals surface area contributed by atoms with Crippen molar-refractivity contribution < 1.29 is 73.3 Å². The van der Waals surface area contributed by atoms with Gasteiger partial charge >= 0.3 is 0 Å². The van der Waals surface area contributed by atoms with Gasteiger partial charge in [-0.3, -0.25) is 0 Å². The Morgan fingerprint density at radius 3 is 1.74 bits per heavy atom. The number of rotatable bonds is 10. The van der Waals surface area contributed by atoms with E-state index < -0.39 is 61.9 Å². The summed E-state index contributed by atoms with van der Waals surface area (Å²) >= 11 is 0. The lowest BCUT2D eigenvalue weighted by molar-refractivity contribution is -0.307. The van der Waals surface area contributed by atoms with Crippen molar-refractivity contribution in [2.75, 3.05) is 47.8 Å². The van der Waals surface area contributed by atoms with Crippen LogP contribution in [0.1, 0.15) is 23.3 Å². The van der Waals surface area contributed by atoms with Gasteiger partial charge in [0.05, 0.1) is 60.0 Å². The highest BCUT2D eigenvalue weighted by Crippen LogP contribution is 2.51. The molecule has 4 aliphatic rings. The van der Waals surface area contributed by atoms with Crippen molar-refractivity contribution in [3.05, 3.63) is 47.5 Å². The van der Waals surface area contributed by atoms with Crippen molar-refractivity contribution in [3.8, 4) is 23.0 Å². The quantitative estimate of drug-likeness (QED) is 0.188. The lowest BCUT2D eigenvalue weighted by Gasteiger charge is -2.41. The molecule has 0 saturated carbocycles. The number of hydrogen-bond donors (Lipinski definition) is 6. The number of aliphatic hydroxyl groups excluding tert-OH is 6. The summed E-state index contributed by atoms with van der Waals surface area (Å²) in [5, 5.41) is 61.7. The standard InChI is InChI=1S/C32H42O15/c1-39-19-6-4-14(8-21(19)41-3)29-16-10-43-30(17(16)11-42-29)15-5-7-20(40-2)22(9-15)46-32-28(38)26(36)25(35)23(47-32)13-45-31-27(37)24(34)18(33)12-44-31/h4-9,16-18,23-38H,10-13H2,1-3H3/t16?,17?,18-,23-,24+,25-,26+,27-,28-,29?,30?,31+,32-/m1/s1. The molecule has 6 N–H and O–H groups in total. The van der Waals surface area contributed by atoms with Gasteiger partial charge in [-0.25, -0.2) is 0 Å². The summed E-state index contributed by atoms with van der Waals surface area (Å²) in [6.45, 7) is 0.229. The van der Waals surface area contributed by atoms with Crippen LogP contribution in [0.15, 0.2) is 36.4 Å². The Hall–Kier alpha value is -2.80. The minimum absolute atomic E-state index is 0.0290. The van der Waals surface area contributed by atoms with Crippen molar-refractivity contribution in [2.45, 2.75) is 67.5 Å². The molecule has 6 rings (SSSR count). The van der Waals surface area contributed by atoms with Gasteiger partial charge in [0.1, 0.15) is 42.7 Å². The van der Waals surface area contributed by atoms with Crippen LogP contribution in [0.4, 0.5) is 0 Å². The summed E-state index contributed by atoms with van der Waals surface area (Å²) in [6.07, 6.45) is -13.8. The molecule has 0 bridgehead atoms. The van der Waals surface area contributed by atoms with E-state index in [0.29, 0.717) is 30.5 Å². The molecule has 2 aromatic carbocycles. The highest BCUT2D eigenvalue weighted by Gasteiger charge is 2.49. The SMILES string of the molecule is COc1ccc(C2OCC3C(c4ccc(OC)c(O[C@@H]5O[C@H](CO[C@@H]6OC[C@@H](O)[C@H](O)[C@H]6O)[C@@H](O)[C@H](O)[C@H]5O)c4)OCC23)cc1OC. The third-order valence-corrected chi connectivity index (χ3v) is 9.31. The van der Waals surface area contributed by atoms with E-state index in [4.69, 9.17) is 42.6 Å². The Kier molecular flexibility index (Phi) is 10.4. The van der Waals surface area contributed by atoms with Crippen LogP contribution in [0, 0.1) is 11.8 Å². The topological polar surface area (TPSA) is 204 Å². The summed E-state index contributed by atoms with van der Waals surface area (Å²) in [6, 6.07) is 11.0. The largest absolute Gasteiger partial charge is 0.493 e. The molecule has 0 aliphatic carbocycles. The van der Waals surface area contributed by atoms with E-state index in [0.717, 1.165) is 11.1 Å². The minimum atomic E-state index is -1.68. The van der Waals surface area contributed by atoms with Crippen LogP contribution in [0.25, 0.3) is 0 Å². The number of aliphatic hydroxyl groups is 6. The van der Waals surface area contributed by atoms with Gasteiger partial charge in [0.15, 0.2) is 29.3 Å². The first kappa shape index (κ1) is 34.1.